The minimum atomic E-state index is -0.829. The number of allylic oxidation sites excluding steroid dienone is 34. The van der Waals surface area contributed by atoms with Gasteiger partial charge in [-0.05, 0) is 148 Å². The number of carbonyl (C=O) groups is 2. The van der Waals surface area contributed by atoms with Gasteiger partial charge in [0.25, 0.3) is 0 Å². The molecular formula is C67H98O5. The third kappa shape index (κ3) is 57.1. The van der Waals surface area contributed by atoms with Crippen molar-refractivity contribution in [2.24, 2.45) is 0 Å². The van der Waals surface area contributed by atoms with Crippen LogP contribution >= 0.6 is 0 Å². The molecule has 0 radical (unpaired) electrons. The van der Waals surface area contributed by atoms with Gasteiger partial charge >= 0.3 is 11.9 Å². The molecule has 0 aromatic rings. The lowest BCUT2D eigenvalue weighted by atomic mass is 10.1. The predicted octanol–water partition coefficient (Wildman–Crippen LogP) is 19.1. The Bertz CT molecular complexity index is 1780. The molecule has 1 atom stereocenters. The highest BCUT2D eigenvalue weighted by atomic mass is 16.6. The second-order valence-electron chi connectivity index (χ2n) is 17.2. The van der Waals surface area contributed by atoms with Crippen LogP contribution < -0.4 is 0 Å². The van der Waals surface area contributed by atoms with Crippen LogP contribution in [0.25, 0.3) is 0 Å². The Hall–Kier alpha value is -5.52. The van der Waals surface area contributed by atoms with Gasteiger partial charge in [-0.2, -0.15) is 0 Å². The first kappa shape index (κ1) is 66.5. The van der Waals surface area contributed by atoms with E-state index in [-0.39, 0.29) is 31.6 Å². The first-order valence-electron chi connectivity index (χ1n) is 27.6. The quantitative estimate of drug-likeness (QED) is 0.0374. The number of hydrogen-bond donors (Lipinski definition) is 1. The van der Waals surface area contributed by atoms with Crippen LogP contribution in [0.15, 0.2) is 207 Å². The molecule has 0 aliphatic rings. The second-order valence-corrected chi connectivity index (χ2v) is 17.2. The van der Waals surface area contributed by atoms with Crippen molar-refractivity contribution in [1.29, 1.82) is 0 Å². The summed E-state index contributed by atoms with van der Waals surface area (Å²) < 4.78 is 10.6. The summed E-state index contributed by atoms with van der Waals surface area (Å²) in [6.07, 6.45) is 97.8. The molecule has 396 valence electrons. The van der Waals surface area contributed by atoms with Gasteiger partial charge in [-0.1, -0.05) is 227 Å². The van der Waals surface area contributed by atoms with E-state index in [1.807, 2.05) is 0 Å². The summed E-state index contributed by atoms with van der Waals surface area (Å²) in [5.74, 6) is -0.702. The van der Waals surface area contributed by atoms with Gasteiger partial charge in [0.1, 0.15) is 6.61 Å². The maximum Gasteiger partial charge on any atom is 0.306 e. The summed E-state index contributed by atoms with van der Waals surface area (Å²) in [5.41, 5.74) is 0. The molecule has 0 fully saturated rings. The van der Waals surface area contributed by atoms with Crippen molar-refractivity contribution in [3.63, 3.8) is 0 Å². The topological polar surface area (TPSA) is 72.8 Å². The zero-order valence-electron chi connectivity index (χ0n) is 45.1. The molecule has 0 aromatic carbocycles. The molecule has 0 aliphatic heterocycles. The largest absolute Gasteiger partial charge is 0.462 e. The minimum absolute atomic E-state index is 0.118. The van der Waals surface area contributed by atoms with E-state index in [4.69, 9.17) is 9.47 Å². The Morgan fingerprint density at radius 1 is 0.319 bits per heavy atom. The Morgan fingerprint density at radius 3 is 0.833 bits per heavy atom. The number of unbranched alkanes of at least 4 members (excludes halogenated alkanes) is 5. The number of hydrogen-bond acceptors (Lipinski definition) is 5. The highest BCUT2D eigenvalue weighted by Gasteiger charge is 2.16. The van der Waals surface area contributed by atoms with E-state index in [1.165, 1.54) is 0 Å². The fraction of sp³-hybridized carbons (Fsp3) is 0.463. The van der Waals surface area contributed by atoms with Gasteiger partial charge in [0, 0.05) is 12.8 Å². The Balaban J connectivity index is 3.77. The van der Waals surface area contributed by atoms with Crippen LogP contribution in [0.1, 0.15) is 181 Å². The van der Waals surface area contributed by atoms with Crippen molar-refractivity contribution < 1.29 is 24.2 Å². The van der Waals surface area contributed by atoms with Crippen molar-refractivity contribution in [2.45, 2.75) is 187 Å². The molecule has 0 amide bonds. The fourth-order valence-corrected chi connectivity index (χ4v) is 6.50. The summed E-state index contributed by atoms with van der Waals surface area (Å²) in [5, 5.41) is 9.64. The van der Waals surface area contributed by atoms with Gasteiger partial charge in [0.15, 0.2) is 6.10 Å². The lowest BCUT2D eigenvalue weighted by molar-refractivity contribution is -0.161. The van der Waals surface area contributed by atoms with E-state index in [9.17, 15) is 14.7 Å². The summed E-state index contributed by atoms with van der Waals surface area (Å²) in [6.45, 7) is 3.82. The van der Waals surface area contributed by atoms with E-state index in [1.54, 1.807) is 0 Å². The fourth-order valence-electron chi connectivity index (χ4n) is 6.50. The molecule has 1 unspecified atom stereocenters. The van der Waals surface area contributed by atoms with Crippen LogP contribution in [0, 0.1) is 0 Å². The van der Waals surface area contributed by atoms with Gasteiger partial charge in [-0.3, -0.25) is 9.59 Å². The maximum absolute atomic E-state index is 12.3. The normalized spacial score (nSPS) is 13.9. The standard InChI is InChI=1S/C67H98O5/c1-3-5-7-9-11-13-15-17-19-21-23-25-27-29-30-31-32-33-34-35-36-38-40-42-44-46-48-50-52-54-56-58-60-62-67(70)72-65(63-68)64-71-66(69)61-59-57-55-53-51-49-47-45-43-41-39-37-28-26-24-22-20-18-16-14-12-10-8-6-4-2/h5-8,11-14,17-20,23-26,29-30,32-33,35-37,39-40,42-43,45-46,48-49,51-52,54,65,68H,3-4,9-10,15-16,21-22,27-28,31,34,38,41,44,47,50,53,55-64H2,1-2H3/b7-5-,8-6-,13-11-,14-12-,19-17-,20-18-,25-23-,26-24-,30-29-,33-32-,36-35-,39-37-,42-40-,45-43-,48-46-,51-49-,54-52-. The third-order valence-corrected chi connectivity index (χ3v) is 10.6. The van der Waals surface area contributed by atoms with Crippen LogP contribution in [0.4, 0.5) is 0 Å². The summed E-state index contributed by atoms with van der Waals surface area (Å²) >= 11 is 0. The molecule has 0 saturated heterocycles. The van der Waals surface area contributed by atoms with E-state index in [0.29, 0.717) is 12.8 Å². The van der Waals surface area contributed by atoms with Crippen molar-refractivity contribution in [3.05, 3.63) is 207 Å². The van der Waals surface area contributed by atoms with Crippen molar-refractivity contribution in [3.8, 4) is 0 Å². The molecule has 72 heavy (non-hydrogen) atoms. The van der Waals surface area contributed by atoms with E-state index < -0.39 is 6.10 Å². The van der Waals surface area contributed by atoms with E-state index >= 15 is 0 Å². The number of esters is 2. The summed E-state index contributed by atoms with van der Waals surface area (Å²) in [6, 6.07) is 0. The molecule has 0 heterocycles. The Morgan fingerprint density at radius 2 is 0.556 bits per heavy atom. The molecule has 0 rings (SSSR count). The highest BCUT2D eigenvalue weighted by molar-refractivity contribution is 5.70. The van der Waals surface area contributed by atoms with Gasteiger partial charge in [0.05, 0.1) is 6.61 Å². The van der Waals surface area contributed by atoms with Gasteiger partial charge in [-0.15, -0.1) is 0 Å². The highest BCUT2D eigenvalue weighted by Crippen LogP contribution is 2.09. The first-order valence-corrected chi connectivity index (χ1v) is 27.6. The molecule has 0 spiro atoms. The van der Waals surface area contributed by atoms with Crippen LogP contribution in [0.2, 0.25) is 0 Å². The molecular weight excluding hydrogens is 885 g/mol. The second kappa shape index (κ2) is 59.8. The molecule has 0 aromatic heterocycles. The van der Waals surface area contributed by atoms with Crippen LogP contribution in [0.3, 0.4) is 0 Å². The van der Waals surface area contributed by atoms with Gasteiger partial charge in [0.2, 0.25) is 0 Å². The van der Waals surface area contributed by atoms with Crippen molar-refractivity contribution >= 4 is 11.9 Å². The maximum atomic E-state index is 12.3. The number of carbonyl (C=O) groups excluding carboxylic acids is 2. The average molecular weight is 984 g/mol. The van der Waals surface area contributed by atoms with Gasteiger partial charge in [-0.25, -0.2) is 0 Å². The minimum Gasteiger partial charge on any atom is -0.462 e. The molecule has 5 nitrogen and oxygen atoms in total. The van der Waals surface area contributed by atoms with E-state index in [0.717, 1.165) is 148 Å². The summed E-state index contributed by atoms with van der Waals surface area (Å²) in [7, 11) is 0. The number of ether oxygens (including phenoxy) is 2. The van der Waals surface area contributed by atoms with Crippen LogP contribution in [-0.2, 0) is 19.1 Å². The number of aliphatic hydroxyl groups is 1. The molecule has 0 bridgehead atoms. The smallest absolute Gasteiger partial charge is 0.306 e. The first-order chi connectivity index (χ1) is 35.6. The van der Waals surface area contributed by atoms with Crippen LogP contribution in [0.5, 0.6) is 0 Å². The van der Waals surface area contributed by atoms with E-state index in [2.05, 4.69) is 220 Å². The summed E-state index contributed by atoms with van der Waals surface area (Å²) in [4.78, 5) is 24.5. The van der Waals surface area contributed by atoms with Crippen LogP contribution in [-0.4, -0.2) is 36.4 Å². The average Bonchev–Trinajstić information content (AvgIpc) is 3.38. The zero-order chi connectivity index (χ0) is 52.0. The molecule has 5 heteroatoms. The Labute approximate surface area is 440 Å². The third-order valence-electron chi connectivity index (χ3n) is 10.6. The number of aliphatic hydroxyl groups excluding tert-OH is 1. The molecule has 1 N–H and O–H groups in total. The Kier molecular flexibility index (Phi) is 55.2. The number of rotatable bonds is 47. The lowest BCUT2D eigenvalue weighted by Crippen LogP contribution is -2.28. The van der Waals surface area contributed by atoms with Gasteiger partial charge < -0.3 is 14.6 Å². The molecule has 0 saturated carbocycles. The SMILES string of the molecule is CC/C=C\C/C=C\C/C=C\C/C=C\C/C=C\C/C=C\C/C=C\C/C=C\C/C=C\C/C=C\CCCCC(=O)OC(CO)COC(=O)CCCCC/C=C\C/C=C\C/C=C\C/C=C\C/C=C\C/C=C\C/C=C\CC. The molecule has 0 aliphatic carbocycles. The lowest BCUT2D eigenvalue weighted by Gasteiger charge is -2.15. The zero-order valence-corrected chi connectivity index (χ0v) is 45.1. The van der Waals surface area contributed by atoms with Crippen molar-refractivity contribution in [1.82, 2.24) is 0 Å². The van der Waals surface area contributed by atoms with Crippen molar-refractivity contribution in [2.75, 3.05) is 13.2 Å². The predicted molar refractivity (Wildman–Crippen MR) is 315 cm³/mol. The monoisotopic (exact) mass is 983 g/mol.